The van der Waals surface area contributed by atoms with Crippen molar-refractivity contribution in [1.82, 2.24) is 5.32 Å². The zero-order valence-corrected chi connectivity index (χ0v) is 11.0. The van der Waals surface area contributed by atoms with Gasteiger partial charge in [-0.15, -0.1) is 11.6 Å². The summed E-state index contributed by atoms with van der Waals surface area (Å²) in [7, 11) is 0. The van der Waals surface area contributed by atoms with Crippen LogP contribution in [0.25, 0.3) is 0 Å². The van der Waals surface area contributed by atoms with Gasteiger partial charge >= 0.3 is 0 Å². The lowest BCUT2D eigenvalue weighted by Gasteiger charge is -2.29. The van der Waals surface area contributed by atoms with Crippen LogP contribution in [0.4, 0.5) is 0 Å². The maximum absolute atomic E-state index is 11.7. The molecular weight excluding hydrogens is 238 g/mol. The van der Waals surface area contributed by atoms with Crippen LogP contribution in [0.5, 0.6) is 0 Å². The highest BCUT2D eigenvalue weighted by molar-refractivity contribution is 6.18. The van der Waals surface area contributed by atoms with Gasteiger partial charge in [-0.05, 0) is 19.4 Å². The number of halogens is 1. The first-order valence-electron chi connectivity index (χ1n) is 5.62. The number of ether oxygens (including phenoxy) is 1. The molecule has 0 heterocycles. The molecule has 1 atom stereocenters. The highest BCUT2D eigenvalue weighted by atomic mass is 35.5. The number of carbonyl (C=O) groups excluding carboxylic acids is 1. The summed E-state index contributed by atoms with van der Waals surface area (Å²) in [6.07, 6.45) is 0. The first kappa shape index (κ1) is 14.0. The third kappa shape index (κ3) is 4.02. The van der Waals surface area contributed by atoms with E-state index >= 15 is 0 Å². The van der Waals surface area contributed by atoms with Crippen LogP contribution in [0.2, 0.25) is 0 Å². The molecule has 0 aromatic heterocycles. The number of alkyl halides is 1. The molecule has 1 aromatic rings. The summed E-state index contributed by atoms with van der Waals surface area (Å²) in [6, 6.07) is 9.68. The molecule has 1 rings (SSSR count). The largest absolute Gasteiger partial charge is 0.372 e. The number of carbonyl (C=O) groups is 1. The first-order valence-corrected chi connectivity index (χ1v) is 6.16. The predicted molar refractivity (Wildman–Crippen MR) is 69.1 cm³/mol. The highest BCUT2D eigenvalue weighted by Crippen LogP contribution is 2.21. The minimum Gasteiger partial charge on any atom is -0.372 e. The topological polar surface area (TPSA) is 38.3 Å². The van der Waals surface area contributed by atoms with Gasteiger partial charge in [0, 0.05) is 12.5 Å². The minimum absolute atomic E-state index is 0.0653. The lowest BCUT2D eigenvalue weighted by Crippen LogP contribution is -2.46. The van der Waals surface area contributed by atoms with Crippen molar-refractivity contribution in [3.63, 3.8) is 0 Å². The Balaban J connectivity index is 2.72. The van der Waals surface area contributed by atoms with Gasteiger partial charge < -0.3 is 10.1 Å². The van der Waals surface area contributed by atoms with Crippen molar-refractivity contribution in [3.05, 3.63) is 35.9 Å². The van der Waals surface area contributed by atoms with Crippen molar-refractivity contribution in [3.8, 4) is 0 Å². The predicted octanol–water partition coefficient (Wildman–Crippen LogP) is 2.29. The van der Waals surface area contributed by atoms with Crippen molar-refractivity contribution >= 4 is 17.5 Å². The molecule has 3 nitrogen and oxygen atoms in total. The highest BCUT2D eigenvalue weighted by Gasteiger charge is 2.27. The molecule has 0 aliphatic carbocycles. The van der Waals surface area contributed by atoms with Gasteiger partial charge in [0.1, 0.15) is 6.61 Å². The van der Waals surface area contributed by atoms with Gasteiger partial charge in [0.05, 0.1) is 5.54 Å². The molecule has 1 aromatic carbocycles. The Morgan fingerprint density at radius 1 is 1.41 bits per heavy atom. The number of hydrogen-bond acceptors (Lipinski definition) is 2. The normalized spacial score (nSPS) is 14.1. The Kier molecular flexibility index (Phi) is 5.45. The average Bonchev–Trinajstić information content (AvgIpc) is 2.37. The van der Waals surface area contributed by atoms with Crippen LogP contribution < -0.4 is 5.32 Å². The maximum atomic E-state index is 11.7. The van der Waals surface area contributed by atoms with Crippen LogP contribution in [0.1, 0.15) is 19.4 Å². The van der Waals surface area contributed by atoms with E-state index in [1.807, 2.05) is 44.2 Å². The van der Waals surface area contributed by atoms with Crippen LogP contribution >= 0.6 is 11.6 Å². The molecule has 1 N–H and O–H groups in total. The Morgan fingerprint density at radius 2 is 2.06 bits per heavy atom. The molecule has 0 bridgehead atoms. The number of nitrogens with one attached hydrogen (secondary N) is 1. The molecule has 0 fully saturated rings. The smallest absolute Gasteiger partial charge is 0.246 e. The molecule has 94 valence electrons. The summed E-state index contributed by atoms with van der Waals surface area (Å²) >= 11 is 5.97. The Labute approximate surface area is 107 Å². The summed E-state index contributed by atoms with van der Waals surface area (Å²) in [4.78, 5) is 11.7. The van der Waals surface area contributed by atoms with Gasteiger partial charge in [-0.25, -0.2) is 0 Å². The molecule has 0 aliphatic rings. The number of rotatable bonds is 6. The van der Waals surface area contributed by atoms with Crippen LogP contribution in [0, 0.1) is 0 Å². The fourth-order valence-corrected chi connectivity index (χ4v) is 1.75. The average molecular weight is 256 g/mol. The van der Waals surface area contributed by atoms with E-state index in [0.29, 0.717) is 12.5 Å². The van der Waals surface area contributed by atoms with Crippen molar-refractivity contribution in [2.24, 2.45) is 0 Å². The minimum atomic E-state index is -0.559. The summed E-state index contributed by atoms with van der Waals surface area (Å²) in [5.74, 6) is 0.161. The number of benzene rings is 1. The van der Waals surface area contributed by atoms with Crippen molar-refractivity contribution in [2.45, 2.75) is 19.4 Å². The van der Waals surface area contributed by atoms with Crippen LogP contribution in [-0.4, -0.2) is 25.0 Å². The zero-order valence-electron chi connectivity index (χ0n) is 10.2. The van der Waals surface area contributed by atoms with E-state index < -0.39 is 5.54 Å². The number of amides is 1. The van der Waals surface area contributed by atoms with Crippen molar-refractivity contribution in [2.75, 3.05) is 19.1 Å². The Morgan fingerprint density at radius 3 is 2.59 bits per heavy atom. The molecule has 0 spiro atoms. The molecule has 1 unspecified atom stereocenters. The Bertz CT molecular complexity index is 356. The lowest BCUT2D eigenvalue weighted by atomic mass is 9.94. The molecule has 17 heavy (non-hydrogen) atoms. The SMILES string of the molecule is CCOCC(=O)NC(C)(CCl)c1ccccc1. The summed E-state index contributed by atoms with van der Waals surface area (Å²) < 4.78 is 5.07. The third-order valence-electron chi connectivity index (χ3n) is 2.53. The first-order chi connectivity index (χ1) is 8.12. The molecule has 0 aliphatic heterocycles. The lowest BCUT2D eigenvalue weighted by molar-refractivity contribution is -0.127. The molecule has 0 saturated carbocycles. The van der Waals surface area contributed by atoms with E-state index in [0.717, 1.165) is 5.56 Å². The van der Waals surface area contributed by atoms with Crippen LogP contribution in [0.3, 0.4) is 0 Å². The van der Waals surface area contributed by atoms with E-state index in [2.05, 4.69) is 5.32 Å². The quantitative estimate of drug-likeness (QED) is 0.792. The van der Waals surface area contributed by atoms with E-state index in [-0.39, 0.29) is 12.5 Å². The second kappa shape index (κ2) is 6.62. The van der Waals surface area contributed by atoms with Gasteiger partial charge in [0.2, 0.25) is 5.91 Å². The van der Waals surface area contributed by atoms with E-state index in [9.17, 15) is 4.79 Å². The maximum Gasteiger partial charge on any atom is 0.246 e. The summed E-state index contributed by atoms with van der Waals surface area (Å²) in [5, 5.41) is 2.90. The van der Waals surface area contributed by atoms with Crippen LogP contribution in [0.15, 0.2) is 30.3 Å². The van der Waals surface area contributed by atoms with Gasteiger partial charge in [-0.1, -0.05) is 30.3 Å². The molecule has 0 saturated heterocycles. The van der Waals surface area contributed by atoms with Crippen molar-refractivity contribution in [1.29, 1.82) is 0 Å². The second-order valence-electron chi connectivity index (χ2n) is 4.02. The standard InChI is InChI=1S/C13H18ClNO2/c1-3-17-9-12(16)15-13(2,10-14)11-7-5-4-6-8-11/h4-8H,3,9-10H2,1-2H3,(H,15,16). The number of hydrogen-bond donors (Lipinski definition) is 1. The van der Waals surface area contributed by atoms with E-state index in [4.69, 9.17) is 16.3 Å². The van der Waals surface area contributed by atoms with Gasteiger partial charge in [-0.3, -0.25) is 4.79 Å². The van der Waals surface area contributed by atoms with Gasteiger partial charge in [0.25, 0.3) is 0 Å². The third-order valence-corrected chi connectivity index (χ3v) is 3.07. The monoisotopic (exact) mass is 255 g/mol. The van der Waals surface area contributed by atoms with E-state index in [1.54, 1.807) is 0 Å². The molecular formula is C13H18ClNO2. The molecule has 1 amide bonds. The van der Waals surface area contributed by atoms with Gasteiger partial charge in [-0.2, -0.15) is 0 Å². The fraction of sp³-hybridized carbons (Fsp3) is 0.462. The zero-order chi connectivity index (χ0) is 12.7. The molecule has 4 heteroatoms. The van der Waals surface area contributed by atoms with E-state index in [1.165, 1.54) is 0 Å². The second-order valence-corrected chi connectivity index (χ2v) is 4.28. The summed E-state index contributed by atoms with van der Waals surface area (Å²) in [6.45, 7) is 4.34. The Hall–Kier alpha value is -1.06. The van der Waals surface area contributed by atoms with Gasteiger partial charge in [0.15, 0.2) is 0 Å². The summed E-state index contributed by atoms with van der Waals surface area (Å²) in [5.41, 5.74) is 0.427. The van der Waals surface area contributed by atoms with Crippen molar-refractivity contribution < 1.29 is 9.53 Å². The fourth-order valence-electron chi connectivity index (χ4n) is 1.53. The van der Waals surface area contributed by atoms with Crippen LogP contribution in [-0.2, 0) is 15.1 Å². The molecule has 0 radical (unpaired) electrons.